The molecule has 0 bridgehead atoms. The Kier molecular flexibility index (Phi) is 17.1. The Morgan fingerprint density at radius 3 is 1.76 bits per heavy atom. The second-order valence-electron chi connectivity index (χ2n) is 13.9. The van der Waals surface area contributed by atoms with Gasteiger partial charge in [0, 0.05) is 6.42 Å². The molecule has 0 aromatic rings. The maximum atomic E-state index is 11.2. The van der Waals surface area contributed by atoms with E-state index in [-0.39, 0.29) is 28.3 Å². The van der Waals surface area contributed by atoms with Gasteiger partial charge in [0.15, 0.2) is 16.6 Å². The molecule has 0 aromatic heterocycles. The molecule has 0 aliphatic rings. The molecule has 0 radical (unpaired) electrons. The van der Waals surface area contributed by atoms with Crippen LogP contribution in [0.25, 0.3) is 0 Å². The van der Waals surface area contributed by atoms with Gasteiger partial charge in [-0.3, -0.25) is 4.79 Å². The van der Waals surface area contributed by atoms with Crippen molar-refractivity contribution in [3.05, 3.63) is 12.2 Å². The van der Waals surface area contributed by atoms with Gasteiger partial charge in [0.2, 0.25) is 0 Å². The van der Waals surface area contributed by atoms with Gasteiger partial charge in [-0.15, -0.1) is 0 Å². The second kappa shape index (κ2) is 17.3. The van der Waals surface area contributed by atoms with Crippen LogP contribution in [0.1, 0.15) is 126 Å². The third-order valence-corrected chi connectivity index (χ3v) is 17.5. The summed E-state index contributed by atoms with van der Waals surface area (Å²) in [6.45, 7) is 25.8. The molecule has 0 N–H and O–H groups in total. The van der Waals surface area contributed by atoms with Crippen molar-refractivity contribution in [2.45, 2.75) is 174 Å². The Bertz CT molecular complexity index is 645. The van der Waals surface area contributed by atoms with E-state index in [2.05, 4.69) is 86.8 Å². The van der Waals surface area contributed by atoms with E-state index < -0.39 is 16.6 Å². The standard InChI is InChI=1S/C31H64O4Si2/c1-13-14-21-24-27(34-36(9,10)30(2,3)4)28(35-37(11,12)31(5,6)7)25-22-19-17-15-16-18-20-23-26-29(32)33-8/h19,22,27-28H,13-18,20-21,23-26H2,1-12H3. The van der Waals surface area contributed by atoms with Crippen LogP contribution < -0.4 is 0 Å². The topological polar surface area (TPSA) is 44.8 Å². The molecule has 0 spiro atoms. The van der Waals surface area contributed by atoms with E-state index in [4.69, 9.17) is 13.6 Å². The van der Waals surface area contributed by atoms with Crippen molar-refractivity contribution in [3.8, 4) is 0 Å². The zero-order chi connectivity index (χ0) is 28.8. The fraction of sp³-hybridized carbons (Fsp3) is 0.903. The summed E-state index contributed by atoms with van der Waals surface area (Å²) < 4.78 is 18.9. The van der Waals surface area contributed by atoms with Gasteiger partial charge in [-0.05, 0) is 68.4 Å². The summed E-state index contributed by atoms with van der Waals surface area (Å²) >= 11 is 0. The number of allylic oxidation sites excluding steroid dienone is 1. The van der Waals surface area contributed by atoms with Crippen LogP contribution in [0.4, 0.5) is 0 Å². The molecule has 37 heavy (non-hydrogen) atoms. The predicted octanol–water partition coefficient (Wildman–Crippen LogP) is 10.2. The number of methoxy groups -OCH3 is 1. The molecular weight excluding hydrogens is 493 g/mol. The lowest BCUT2D eigenvalue weighted by Gasteiger charge is -2.45. The molecule has 0 saturated carbocycles. The highest BCUT2D eigenvalue weighted by molar-refractivity contribution is 6.74. The van der Waals surface area contributed by atoms with Gasteiger partial charge >= 0.3 is 5.97 Å². The quantitative estimate of drug-likeness (QED) is 0.0687. The summed E-state index contributed by atoms with van der Waals surface area (Å²) in [5.41, 5.74) is 0. The highest BCUT2D eigenvalue weighted by atomic mass is 28.4. The van der Waals surface area contributed by atoms with E-state index in [9.17, 15) is 4.79 Å². The monoisotopic (exact) mass is 556 g/mol. The van der Waals surface area contributed by atoms with Gasteiger partial charge in [-0.2, -0.15) is 0 Å². The van der Waals surface area contributed by atoms with Gasteiger partial charge < -0.3 is 13.6 Å². The van der Waals surface area contributed by atoms with E-state index in [1.165, 1.54) is 45.6 Å². The first-order valence-corrected chi connectivity index (χ1v) is 20.9. The molecule has 0 amide bonds. The first-order chi connectivity index (χ1) is 17.0. The molecule has 2 atom stereocenters. The Hall–Kier alpha value is -0.436. The van der Waals surface area contributed by atoms with Gasteiger partial charge in [0.25, 0.3) is 0 Å². The van der Waals surface area contributed by atoms with Crippen LogP contribution in [0.5, 0.6) is 0 Å². The summed E-state index contributed by atoms with van der Waals surface area (Å²) in [5.74, 6) is -0.0945. The maximum Gasteiger partial charge on any atom is 0.305 e. The van der Waals surface area contributed by atoms with E-state index in [0.29, 0.717) is 6.42 Å². The Labute approximate surface area is 234 Å². The van der Waals surface area contributed by atoms with Crippen LogP contribution in [0.3, 0.4) is 0 Å². The lowest BCUT2D eigenvalue weighted by molar-refractivity contribution is -0.140. The average molecular weight is 557 g/mol. The zero-order valence-electron chi connectivity index (χ0n) is 26.9. The number of hydrogen-bond acceptors (Lipinski definition) is 4. The molecule has 6 heteroatoms. The highest BCUT2D eigenvalue weighted by Crippen LogP contribution is 2.41. The van der Waals surface area contributed by atoms with E-state index in [1.807, 2.05) is 0 Å². The molecule has 2 unspecified atom stereocenters. The molecular formula is C31H64O4Si2. The van der Waals surface area contributed by atoms with Crippen molar-refractivity contribution in [1.29, 1.82) is 0 Å². The zero-order valence-corrected chi connectivity index (χ0v) is 28.9. The number of carbonyl (C=O) groups excluding carboxylic acids is 1. The molecule has 220 valence electrons. The van der Waals surface area contributed by atoms with Gasteiger partial charge in [0.05, 0.1) is 19.3 Å². The van der Waals surface area contributed by atoms with E-state index in [1.54, 1.807) is 0 Å². The van der Waals surface area contributed by atoms with Crippen LogP contribution in [-0.2, 0) is 18.4 Å². The summed E-state index contributed by atoms with van der Waals surface area (Å²) in [7, 11) is -2.39. The summed E-state index contributed by atoms with van der Waals surface area (Å²) in [5, 5.41) is 0.359. The number of unbranched alkanes of at least 4 members (excludes halogenated alkanes) is 7. The molecule has 0 heterocycles. The highest BCUT2D eigenvalue weighted by Gasteiger charge is 2.44. The van der Waals surface area contributed by atoms with Crippen LogP contribution in [0.2, 0.25) is 36.3 Å². The van der Waals surface area contributed by atoms with Crippen molar-refractivity contribution in [2.75, 3.05) is 7.11 Å². The van der Waals surface area contributed by atoms with Crippen molar-refractivity contribution >= 4 is 22.6 Å². The molecule has 0 aromatic carbocycles. The van der Waals surface area contributed by atoms with E-state index >= 15 is 0 Å². The summed E-state index contributed by atoms with van der Waals surface area (Å²) in [4.78, 5) is 11.2. The van der Waals surface area contributed by atoms with Crippen LogP contribution in [-0.4, -0.2) is 41.9 Å². The van der Waals surface area contributed by atoms with Crippen molar-refractivity contribution in [2.24, 2.45) is 0 Å². The first-order valence-electron chi connectivity index (χ1n) is 15.1. The van der Waals surface area contributed by atoms with Crippen LogP contribution >= 0.6 is 0 Å². The van der Waals surface area contributed by atoms with Crippen molar-refractivity contribution in [1.82, 2.24) is 0 Å². The SMILES string of the molecule is CCCCCC(O[Si](C)(C)C(C)(C)C)C(CC=CCCCCCCCC(=O)OC)O[Si](C)(C)C(C)(C)C. The Morgan fingerprint density at radius 2 is 1.24 bits per heavy atom. The molecule has 0 aliphatic heterocycles. The second-order valence-corrected chi connectivity index (χ2v) is 23.4. The minimum atomic E-state index is -1.94. The van der Waals surface area contributed by atoms with Gasteiger partial charge in [-0.1, -0.05) is 99.1 Å². The summed E-state index contributed by atoms with van der Waals surface area (Å²) in [6.07, 6.45) is 17.9. The summed E-state index contributed by atoms with van der Waals surface area (Å²) in [6, 6.07) is 0. The van der Waals surface area contributed by atoms with E-state index in [0.717, 1.165) is 32.1 Å². The number of esters is 1. The first kappa shape index (κ1) is 36.6. The number of rotatable bonds is 19. The minimum Gasteiger partial charge on any atom is -0.469 e. The molecule has 0 saturated heterocycles. The molecule has 0 rings (SSSR count). The minimum absolute atomic E-state index is 0.0945. The molecule has 4 nitrogen and oxygen atoms in total. The average Bonchev–Trinajstić information content (AvgIpc) is 2.77. The fourth-order valence-corrected chi connectivity index (χ4v) is 6.55. The predicted molar refractivity (Wildman–Crippen MR) is 166 cm³/mol. The lowest BCUT2D eigenvalue weighted by atomic mass is 10.0. The van der Waals surface area contributed by atoms with Gasteiger partial charge in [-0.25, -0.2) is 0 Å². The lowest BCUT2D eigenvalue weighted by Crippen LogP contribution is -2.51. The maximum absolute atomic E-state index is 11.2. The third kappa shape index (κ3) is 15.1. The normalized spacial score (nSPS) is 15.2. The molecule has 0 aliphatic carbocycles. The van der Waals surface area contributed by atoms with Crippen LogP contribution in [0.15, 0.2) is 12.2 Å². The van der Waals surface area contributed by atoms with Crippen LogP contribution in [0, 0.1) is 0 Å². The third-order valence-electron chi connectivity index (χ3n) is 8.53. The van der Waals surface area contributed by atoms with Crippen molar-refractivity contribution < 1.29 is 18.4 Å². The Balaban J connectivity index is 5.29. The number of carbonyl (C=O) groups is 1. The smallest absolute Gasteiger partial charge is 0.305 e. The molecule has 0 fully saturated rings. The van der Waals surface area contributed by atoms with Crippen molar-refractivity contribution in [3.63, 3.8) is 0 Å². The Morgan fingerprint density at radius 1 is 0.730 bits per heavy atom. The fourth-order valence-electron chi connectivity index (χ4n) is 3.81. The van der Waals surface area contributed by atoms with Gasteiger partial charge in [0.1, 0.15) is 0 Å². The largest absolute Gasteiger partial charge is 0.469 e. The number of ether oxygens (including phenoxy) is 1. The number of hydrogen-bond donors (Lipinski definition) is 0.